The Morgan fingerprint density at radius 3 is 2.48 bits per heavy atom. The van der Waals surface area contributed by atoms with Crippen LogP contribution in [-0.4, -0.2) is 39.1 Å². The van der Waals surface area contributed by atoms with Crippen LogP contribution < -0.4 is 10.2 Å². The number of nitrogens with zero attached hydrogens (tertiary/aromatic N) is 4. The highest BCUT2D eigenvalue weighted by atomic mass is 19.1. The molecule has 0 saturated carbocycles. The summed E-state index contributed by atoms with van der Waals surface area (Å²) in [5, 5.41) is 4.29. The molecule has 0 unspecified atom stereocenters. The molecular weight excluding hydrogens is 430 g/mol. The van der Waals surface area contributed by atoms with Gasteiger partial charge < -0.3 is 9.47 Å². The van der Waals surface area contributed by atoms with Crippen molar-refractivity contribution in [1.82, 2.24) is 19.7 Å². The molecule has 0 spiro atoms. The third-order valence-corrected chi connectivity index (χ3v) is 5.09. The molecule has 0 amide bonds. The Kier molecular flexibility index (Phi) is 5.62. The van der Waals surface area contributed by atoms with Crippen LogP contribution in [0, 0.1) is 11.6 Å². The number of hydrogen-bond acceptors (Lipinski definition) is 6. The fraction of sp³-hybridized carbons (Fsp3) is 0.167. The van der Waals surface area contributed by atoms with Crippen molar-refractivity contribution in [2.45, 2.75) is 12.5 Å². The molecule has 0 aliphatic carbocycles. The molecule has 0 N–H and O–H groups in total. The zero-order valence-corrected chi connectivity index (χ0v) is 17.3. The Hall–Kier alpha value is -3.98. The number of ether oxygens (including phenoxy) is 2. The van der Waals surface area contributed by atoms with E-state index in [4.69, 9.17) is 9.47 Å². The Labute approximate surface area is 187 Å². The van der Waals surface area contributed by atoms with Crippen molar-refractivity contribution < 1.29 is 18.3 Å². The third kappa shape index (κ3) is 4.78. The molecule has 2 aromatic carbocycles. The highest BCUT2D eigenvalue weighted by Crippen LogP contribution is 2.20. The van der Waals surface area contributed by atoms with E-state index in [-0.39, 0.29) is 29.3 Å². The van der Waals surface area contributed by atoms with E-state index in [1.165, 1.54) is 16.9 Å². The van der Waals surface area contributed by atoms with Crippen LogP contribution in [0.2, 0.25) is 0 Å². The van der Waals surface area contributed by atoms with Gasteiger partial charge in [-0.1, -0.05) is 18.2 Å². The highest BCUT2D eigenvalue weighted by molar-refractivity contribution is 5.56. The lowest BCUT2D eigenvalue weighted by Gasteiger charge is -2.26. The van der Waals surface area contributed by atoms with Crippen molar-refractivity contribution in [3.05, 3.63) is 100 Å². The Bertz CT molecular complexity index is 1330. The Morgan fingerprint density at radius 2 is 1.79 bits per heavy atom. The summed E-state index contributed by atoms with van der Waals surface area (Å²) in [6, 6.07) is 11.8. The van der Waals surface area contributed by atoms with Gasteiger partial charge in [-0.2, -0.15) is 5.10 Å². The molecule has 7 nitrogen and oxygen atoms in total. The van der Waals surface area contributed by atoms with Crippen molar-refractivity contribution in [3.63, 3.8) is 0 Å². The molecule has 0 bridgehead atoms. The predicted molar refractivity (Wildman–Crippen MR) is 115 cm³/mol. The molecule has 1 fully saturated rings. The van der Waals surface area contributed by atoms with E-state index in [1.807, 2.05) is 24.3 Å². The van der Waals surface area contributed by atoms with Crippen LogP contribution in [0.3, 0.4) is 0 Å². The van der Waals surface area contributed by atoms with Crippen LogP contribution in [0.4, 0.5) is 8.78 Å². The number of benzene rings is 2. The first kappa shape index (κ1) is 20.9. The SMILES string of the molecule is O=c1ccn(-c2cc(F)cc(F)c2)nc1Cc1cccc(-c2ncc(OC3COC3)cn2)c1. The van der Waals surface area contributed by atoms with Gasteiger partial charge in [0.2, 0.25) is 5.43 Å². The van der Waals surface area contributed by atoms with Crippen molar-refractivity contribution in [3.8, 4) is 22.8 Å². The monoisotopic (exact) mass is 448 g/mol. The van der Waals surface area contributed by atoms with Crippen LogP contribution in [0.15, 0.2) is 71.9 Å². The van der Waals surface area contributed by atoms with Crippen LogP contribution >= 0.6 is 0 Å². The zero-order chi connectivity index (χ0) is 22.8. The standard InChI is InChI=1S/C24H18F2N4O3/c25-17-8-18(26)10-19(9-17)30-5-4-23(31)22(29-30)7-15-2-1-3-16(6-15)24-27-11-20(12-28-24)33-21-13-32-14-21/h1-6,8-12,21H,7,13-14H2. The summed E-state index contributed by atoms with van der Waals surface area (Å²) in [4.78, 5) is 21.1. The van der Waals surface area contributed by atoms with E-state index in [2.05, 4.69) is 15.1 Å². The van der Waals surface area contributed by atoms with Gasteiger partial charge in [-0.05, 0) is 23.8 Å². The van der Waals surface area contributed by atoms with E-state index in [1.54, 1.807) is 12.4 Å². The van der Waals surface area contributed by atoms with E-state index < -0.39 is 11.6 Å². The van der Waals surface area contributed by atoms with Crippen molar-refractivity contribution >= 4 is 0 Å². The minimum absolute atomic E-state index is 0.0362. The Balaban J connectivity index is 1.38. The molecule has 1 saturated heterocycles. The smallest absolute Gasteiger partial charge is 0.203 e. The van der Waals surface area contributed by atoms with E-state index >= 15 is 0 Å². The van der Waals surface area contributed by atoms with Gasteiger partial charge in [0.1, 0.15) is 23.4 Å². The normalized spacial score (nSPS) is 13.5. The molecule has 3 heterocycles. The number of halogens is 2. The molecule has 166 valence electrons. The van der Waals surface area contributed by atoms with Crippen LogP contribution in [-0.2, 0) is 11.2 Å². The second-order valence-electron chi connectivity index (χ2n) is 7.60. The summed E-state index contributed by atoms with van der Waals surface area (Å²) in [7, 11) is 0. The van der Waals surface area contributed by atoms with E-state index in [9.17, 15) is 13.6 Å². The van der Waals surface area contributed by atoms with Crippen molar-refractivity contribution in [2.75, 3.05) is 13.2 Å². The lowest BCUT2D eigenvalue weighted by atomic mass is 10.1. The lowest BCUT2D eigenvalue weighted by Crippen LogP contribution is -2.38. The Morgan fingerprint density at radius 1 is 1.03 bits per heavy atom. The van der Waals surface area contributed by atoms with E-state index in [0.717, 1.165) is 29.3 Å². The number of aromatic nitrogens is 4. The zero-order valence-electron chi connectivity index (χ0n) is 17.3. The van der Waals surface area contributed by atoms with Gasteiger partial charge in [0.15, 0.2) is 11.6 Å². The summed E-state index contributed by atoms with van der Waals surface area (Å²) in [6.45, 7) is 1.13. The molecular formula is C24H18F2N4O3. The minimum Gasteiger partial charge on any atom is -0.482 e. The summed E-state index contributed by atoms with van der Waals surface area (Å²) in [5.41, 5.74) is 1.75. The summed E-state index contributed by atoms with van der Waals surface area (Å²) >= 11 is 0. The first-order valence-electron chi connectivity index (χ1n) is 10.2. The van der Waals surface area contributed by atoms with Gasteiger partial charge in [-0.3, -0.25) is 4.79 Å². The molecule has 2 aromatic heterocycles. The molecule has 1 aliphatic heterocycles. The second-order valence-corrected chi connectivity index (χ2v) is 7.60. The average Bonchev–Trinajstić information content (AvgIpc) is 2.78. The first-order valence-corrected chi connectivity index (χ1v) is 10.2. The topological polar surface area (TPSA) is 79.1 Å². The van der Waals surface area contributed by atoms with Crippen LogP contribution in [0.25, 0.3) is 17.1 Å². The maximum absolute atomic E-state index is 13.6. The lowest BCUT2D eigenvalue weighted by molar-refractivity contribution is -0.0799. The third-order valence-electron chi connectivity index (χ3n) is 5.09. The molecule has 4 aromatic rings. The van der Waals surface area contributed by atoms with E-state index in [0.29, 0.717) is 24.8 Å². The van der Waals surface area contributed by atoms with Crippen LogP contribution in [0.1, 0.15) is 11.3 Å². The molecule has 9 heteroatoms. The highest BCUT2D eigenvalue weighted by Gasteiger charge is 2.20. The molecule has 33 heavy (non-hydrogen) atoms. The van der Waals surface area contributed by atoms with Gasteiger partial charge in [0.25, 0.3) is 0 Å². The molecule has 1 aliphatic rings. The van der Waals surface area contributed by atoms with Crippen LogP contribution in [0.5, 0.6) is 5.75 Å². The summed E-state index contributed by atoms with van der Waals surface area (Å²) in [5.74, 6) is -0.358. The predicted octanol–water partition coefficient (Wildman–Crippen LogP) is 3.34. The van der Waals surface area contributed by atoms with Gasteiger partial charge in [0.05, 0.1) is 31.3 Å². The largest absolute Gasteiger partial charge is 0.482 e. The quantitative estimate of drug-likeness (QED) is 0.450. The second kappa shape index (κ2) is 8.87. The molecule has 0 radical (unpaired) electrons. The maximum Gasteiger partial charge on any atom is 0.203 e. The van der Waals surface area contributed by atoms with Gasteiger partial charge in [-0.25, -0.2) is 23.4 Å². The fourth-order valence-electron chi connectivity index (χ4n) is 3.40. The van der Waals surface area contributed by atoms with Gasteiger partial charge >= 0.3 is 0 Å². The average molecular weight is 448 g/mol. The summed E-state index contributed by atoms with van der Waals surface area (Å²) in [6.07, 6.45) is 4.87. The number of rotatable bonds is 6. The first-order chi connectivity index (χ1) is 16.0. The van der Waals surface area contributed by atoms with Crippen molar-refractivity contribution in [2.24, 2.45) is 0 Å². The number of hydrogen-bond donors (Lipinski definition) is 0. The molecule has 5 rings (SSSR count). The fourth-order valence-corrected chi connectivity index (χ4v) is 3.40. The maximum atomic E-state index is 13.6. The summed E-state index contributed by atoms with van der Waals surface area (Å²) < 4.78 is 39.2. The van der Waals surface area contributed by atoms with Crippen molar-refractivity contribution in [1.29, 1.82) is 0 Å². The minimum atomic E-state index is -0.725. The van der Waals surface area contributed by atoms with Gasteiger partial charge in [-0.15, -0.1) is 0 Å². The van der Waals surface area contributed by atoms with Gasteiger partial charge in [0, 0.05) is 30.3 Å². The molecule has 0 atom stereocenters.